The number of halogens is 3. The normalized spacial score (nSPS) is 16.2. The highest BCUT2D eigenvalue weighted by Crippen LogP contribution is 2.42. The molecule has 186 valence electrons. The number of para-hydroxylation sites is 2. The molecule has 1 saturated carbocycles. The van der Waals surface area contributed by atoms with Crippen LogP contribution in [-0.4, -0.2) is 33.9 Å². The molecular formula is C29H22Cl2FN3O2. The van der Waals surface area contributed by atoms with Crippen LogP contribution >= 0.6 is 23.2 Å². The van der Waals surface area contributed by atoms with Crippen LogP contribution in [0.5, 0.6) is 0 Å². The van der Waals surface area contributed by atoms with Crippen LogP contribution < -0.4 is 4.90 Å². The highest BCUT2D eigenvalue weighted by molar-refractivity contribution is 6.35. The highest BCUT2D eigenvalue weighted by Gasteiger charge is 2.40. The molecule has 6 rings (SSSR count). The maximum atomic E-state index is 14.2. The van der Waals surface area contributed by atoms with Crippen LogP contribution in [-0.2, 0) is 4.79 Å². The quantitative estimate of drug-likeness (QED) is 0.287. The average Bonchev–Trinajstić information content (AvgIpc) is 3.61. The molecule has 2 amide bonds. The van der Waals surface area contributed by atoms with Crippen LogP contribution in [0.1, 0.15) is 40.5 Å². The number of fused-ring (bicyclic) bond motifs is 3. The summed E-state index contributed by atoms with van der Waals surface area (Å²) in [7, 11) is 0. The summed E-state index contributed by atoms with van der Waals surface area (Å²) in [5, 5.41) is 0.722. The van der Waals surface area contributed by atoms with Gasteiger partial charge in [-0.05, 0) is 73.0 Å². The average molecular weight is 534 g/mol. The zero-order valence-electron chi connectivity index (χ0n) is 19.7. The summed E-state index contributed by atoms with van der Waals surface area (Å²) >= 11 is 12.3. The molecule has 1 aromatic heterocycles. The number of rotatable bonds is 5. The van der Waals surface area contributed by atoms with Gasteiger partial charge in [-0.1, -0.05) is 47.5 Å². The van der Waals surface area contributed by atoms with Crippen molar-refractivity contribution in [3.8, 4) is 5.69 Å². The van der Waals surface area contributed by atoms with Crippen molar-refractivity contribution in [2.75, 3.05) is 11.4 Å². The summed E-state index contributed by atoms with van der Waals surface area (Å²) in [6.07, 6.45) is 3.61. The second-order valence-corrected chi connectivity index (χ2v) is 10.2. The Kier molecular flexibility index (Phi) is 6.01. The van der Waals surface area contributed by atoms with Gasteiger partial charge in [-0.15, -0.1) is 0 Å². The highest BCUT2D eigenvalue weighted by atomic mass is 35.5. The Bertz CT molecular complexity index is 1490. The van der Waals surface area contributed by atoms with Crippen LogP contribution in [0.3, 0.4) is 0 Å². The molecule has 1 aliphatic carbocycles. The third-order valence-electron chi connectivity index (χ3n) is 6.84. The van der Waals surface area contributed by atoms with Gasteiger partial charge in [0.2, 0.25) is 5.91 Å². The summed E-state index contributed by atoms with van der Waals surface area (Å²) in [5.41, 5.74) is 3.58. The molecule has 5 nitrogen and oxygen atoms in total. The largest absolute Gasteiger partial charge is 0.326 e. The topological polar surface area (TPSA) is 45.6 Å². The number of amides is 2. The van der Waals surface area contributed by atoms with Crippen molar-refractivity contribution < 1.29 is 14.0 Å². The first-order valence-electron chi connectivity index (χ1n) is 12.0. The molecule has 4 aromatic rings. The smallest absolute Gasteiger partial charge is 0.254 e. The van der Waals surface area contributed by atoms with E-state index in [2.05, 4.69) is 0 Å². The van der Waals surface area contributed by atoms with E-state index in [0.29, 0.717) is 15.6 Å². The molecule has 2 heterocycles. The molecule has 0 N–H and O–H groups in total. The Morgan fingerprint density at radius 3 is 2.24 bits per heavy atom. The molecule has 0 unspecified atom stereocenters. The summed E-state index contributed by atoms with van der Waals surface area (Å²) in [6.45, 7) is -0.111. The van der Waals surface area contributed by atoms with Crippen molar-refractivity contribution in [1.29, 1.82) is 0 Å². The lowest BCUT2D eigenvalue weighted by molar-refractivity contribution is -0.119. The van der Waals surface area contributed by atoms with E-state index in [1.54, 1.807) is 40.1 Å². The third-order valence-corrected chi connectivity index (χ3v) is 7.27. The Morgan fingerprint density at radius 1 is 0.892 bits per heavy atom. The van der Waals surface area contributed by atoms with E-state index in [9.17, 15) is 14.0 Å². The summed E-state index contributed by atoms with van der Waals surface area (Å²) in [5.74, 6) is -0.867. The van der Waals surface area contributed by atoms with Gasteiger partial charge in [0.1, 0.15) is 18.4 Å². The van der Waals surface area contributed by atoms with Crippen molar-refractivity contribution in [3.05, 3.63) is 118 Å². The van der Waals surface area contributed by atoms with Crippen LogP contribution in [0, 0.1) is 5.82 Å². The molecule has 0 saturated heterocycles. The predicted molar refractivity (Wildman–Crippen MR) is 142 cm³/mol. The fourth-order valence-corrected chi connectivity index (χ4v) is 5.57. The van der Waals surface area contributed by atoms with E-state index in [1.807, 2.05) is 47.2 Å². The molecule has 3 aromatic carbocycles. The maximum absolute atomic E-state index is 14.2. The minimum atomic E-state index is -0.491. The first-order valence-corrected chi connectivity index (χ1v) is 12.8. The van der Waals surface area contributed by atoms with Crippen LogP contribution in [0.25, 0.3) is 5.69 Å². The number of carbonyl (C=O) groups excluding carboxylic acids is 2. The zero-order valence-corrected chi connectivity index (χ0v) is 21.2. The molecule has 1 fully saturated rings. The van der Waals surface area contributed by atoms with Crippen LogP contribution in [0.2, 0.25) is 10.0 Å². The molecule has 0 spiro atoms. The fraction of sp³-hybridized carbons (Fsp3) is 0.172. The predicted octanol–water partition coefficient (Wildman–Crippen LogP) is 6.66. The van der Waals surface area contributed by atoms with Gasteiger partial charge in [0.15, 0.2) is 0 Å². The van der Waals surface area contributed by atoms with Crippen molar-refractivity contribution in [3.63, 3.8) is 0 Å². The van der Waals surface area contributed by atoms with E-state index in [0.717, 1.165) is 35.5 Å². The van der Waals surface area contributed by atoms with Crippen LogP contribution in [0.15, 0.2) is 85.1 Å². The zero-order chi connectivity index (χ0) is 25.7. The first kappa shape index (κ1) is 23.8. The standard InChI is InChI=1S/C29H22Cl2FN3O2/c30-20-14-19(15-21(31)16-20)29(37)34(23-11-12-23)17-27(36)35-25-5-2-1-4-24(25)33-13-3-6-26(33)28(35)18-7-9-22(32)10-8-18/h1-10,13-16,23,28H,11-12,17H2/t28-/m1/s1. The number of aromatic nitrogens is 1. The Hall–Kier alpha value is -3.61. The Morgan fingerprint density at radius 2 is 1.57 bits per heavy atom. The molecule has 0 bridgehead atoms. The lowest BCUT2D eigenvalue weighted by atomic mass is 9.97. The van der Waals surface area contributed by atoms with Gasteiger partial charge in [0.25, 0.3) is 5.91 Å². The minimum Gasteiger partial charge on any atom is -0.326 e. The maximum Gasteiger partial charge on any atom is 0.254 e. The molecule has 2 aliphatic rings. The van der Waals surface area contributed by atoms with E-state index >= 15 is 0 Å². The molecule has 8 heteroatoms. The molecular weight excluding hydrogens is 512 g/mol. The van der Waals surface area contributed by atoms with E-state index < -0.39 is 6.04 Å². The minimum absolute atomic E-state index is 0.0256. The van der Waals surface area contributed by atoms with Gasteiger partial charge in [-0.25, -0.2) is 4.39 Å². The Balaban J connectivity index is 1.41. The van der Waals surface area contributed by atoms with Gasteiger partial charge < -0.3 is 9.47 Å². The summed E-state index contributed by atoms with van der Waals surface area (Å²) in [6, 6.07) is 21.9. The van der Waals surface area contributed by atoms with Gasteiger partial charge in [-0.3, -0.25) is 14.5 Å². The van der Waals surface area contributed by atoms with Gasteiger partial charge in [0.05, 0.1) is 17.1 Å². The second-order valence-electron chi connectivity index (χ2n) is 9.33. The van der Waals surface area contributed by atoms with Crippen molar-refractivity contribution in [2.45, 2.75) is 24.9 Å². The molecule has 37 heavy (non-hydrogen) atoms. The monoisotopic (exact) mass is 533 g/mol. The first-order chi connectivity index (χ1) is 17.9. The summed E-state index contributed by atoms with van der Waals surface area (Å²) in [4.78, 5) is 31.0. The molecule has 1 atom stereocenters. The fourth-order valence-electron chi connectivity index (χ4n) is 5.04. The molecule has 1 aliphatic heterocycles. The van der Waals surface area contributed by atoms with Crippen LogP contribution in [0.4, 0.5) is 10.1 Å². The van der Waals surface area contributed by atoms with E-state index in [-0.39, 0.29) is 30.2 Å². The number of nitrogens with zero attached hydrogens (tertiary/aromatic N) is 3. The number of hydrogen-bond donors (Lipinski definition) is 0. The van der Waals surface area contributed by atoms with Crippen molar-refractivity contribution >= 4 is 40.7 Å². The number of benzene rings is 3. The van der Waals surface area contributed by atoms with E-state index in [4.69, 9.17) is 23.2 Å². The SMILES string of the molecule is O=C(c1cc(Cl)cc(Cl)c1)N(CC(=O)N1c2ccccc2-n2cccc2[C@H]1c1ccc(F)cc1)C1CC1. The summed E-state index contributed by atoms with van der Waals surface area (Å²) < 4.78 is 15.9. The third kappa shape index (κ3) is 4.41. The molecule has 0 radical (unpaired) electrons. The van der Waals surface area contributed by atoms with Gasteiger partial charge in [-0.2, -0.15) is 0 Å². The second kappa shape index (κ2) is 9.36. The van der Waals surface area contributed by atoms with Gasteiger partial charge in [0, 0.05) is 27.8 Å². The van der Waals surface area contributed by atoms with E-state index in [1.165, 1.54) is 12.1 Å². The lowest BCUT2D eigenvalue weighted by Gasteiger charge is -2.39. The Labute approximate surface area is 223 Å². The number of anilines is 1. The van der Waals surface area contributed by atoms with Crippen molar-refractivity contribution in [2.24, 2.45) is 0 Å². The lowest BCUT2D eigenvalue weighted by Crippen LogP contribution is -2.47. The number of hydrogen-bond acceptors (Lipinski definition) is 2. The van der Waals surface area contributed by atoms with Gasteiger partial charge >= 0.3 is 0 Å². The number of carbonyl (C=O) groups is 2. The van der Waals surface area contributed by atoms with Crippen molar-refractivity contribution in [1.82, 2.24) is 9.47 Å².